The molecular weight excluding hydrogens is 865 g/mol. The molecule has 4 aromatic rings. The Bertz CT molecular complexity index is 2450. The number of cyclic esters (lactones) is 1. The van der Waals surface area contributed by atoms with E-state index in [-0.39, 0.29) is 36.3 Å². The highest BCUT2D eigenvalue weighted by Gasteiger charge is 2.46. The molecule has 6 atom stereocenters. The van der Waals surface area contributed by atoms with E-state index in [4.69, 9.17) is 9.47 Å². The second-order valence-corrected chi connectivity index (χ2v) is 17.5. The fraction of sp³-hybridized carbons (Fsp3) is 0.348. The van der Waals surface area contributed by atoms with Crippen LogP contribution in [0.4, 0.5) is 5.69 Å². The largest absolute Gasteiger partial charge is 0.497 e. The summed E-state index contributed by atoms with van der Waals surface area (Å²) in [6.07, 6.45) is -6.93. The lowest BCUT2D eigenvalue weighted by Crippen LogP contribution is -2.50. The fourth-order valence-corrected chi connectivity index (χ4v) is 7.33. The molecule has 5 rings (SSSR count). The highest BCUT2D eigenvalue weighted by molar-refractivity contribution is 7.92. The van der Waals surface area contributed by atoms with Gasteiger partial charge in [-0.1, -0.05) is 72.8 Å². The SMILES string of the molecule is COc1cccc(CN(C[C@@H](O)[C@H](Cc2ccccc2)NC(=O)c2cc(C(=O)N[C@H](C)c3ccccc3)cc(N(C)S(C)(=O)=O)c2)C(=O)CCC(=O)OCC(O)C2OC(=O)C(O)C2=O)c1. The van der Waals surface area contributed by atoms with Crippen molar-refractivity contribution in [3.05, 3.63) is 131 Å². The number of nitrogens with one attached hydrogen (secondary N) is 2. The summed E-state index contributed by atoms with van der Waals surface area (Å²) in [5.41, 5.74) is 2.03. The van der Waals surface area contributed by atoms with Gasteiger partial charge in [0.25, 0.3) is 11.8 Å². The molecule has 0 saturated carbocycles. The Morgan fingerprint density at radius 3 is 2.05 bits per heavy atom. The van der Waals surface area contributed by atoms with E-state index in [9.17, 15) is 52.5 Å². The fourth-order valence-electron chi connectivity index (χ4n) is 6.85. The number of ether oxygens (including phenoxy) is 3. The molecule has 0 aliphatic carbocycles. The van der Waals surface area contributed by atoms with Crippen molar-refractivity contribution in [1.82, 2.24) is 15.5 Å². The average Bonchev–Trinajstić information content (AvgIpc) is 3.56. The minimum absolute atomic E-state index is 0.0107. The van der Waals surface area contributed by atoms with E-state index >= 15 is 0 Å². The summed E-state index contributed by atoms with van der Waals surface area (Å²) in [7, 11) is -1.11. The zero-order valence-corrected chi connectivity index (χ0v) is 37.0. The molecular formula is C46H52N4O14S. The first kappa shape index (κ1) is 49.3. The smallest absolute Gasteiger partial charge is 0.343 e. The molecule has 1 aliphatic rings. The van der Waals surface area contributed by atoms with Crippen molar-refractivity contribution < 1.29 is 66.7 Å². The lowest BCUT2D eigenvalue weighted by Gasteiger charge is -2.31. The van der Waals surface area contributed by atoms with Crippen LogP contribution < -0.4 is 19.7 Å². The first-order valence-corrected chi connectivity index (χ1v) is 22.3. The minimum Gasteiger partial charge on any atom is -0.497 e. The number of aliphatic hydroxyl groups excluding tert-OH is 3. The molecule has 65 heavy (non-hydrogen) atoms. The van der Waals surface area contributed by atoms with E-state index in [2.05, 4.69) is 15.4 Å². The zero-order chi connectivity index (χ0) is 47.4. The molecule has 4 aromatic carbocycles. The van der Waals surface area contributed by atoms with Crippen LogP contribution in [0.2, 0.25) is 0 Å². The Hall–Kier alpha value is -6.67. The van der Waals surface area contributed by atoms with Crippen LogP contribution in [-0.2, 0) is 51.6 Å². The number of esters is 2. The minimum atomic E-state index is -3.86. The third-order valence-corrected chi connectivity index (χ3v) is 11.8. The number of methoxy groups -OCH3 is 1. The van der Waals surface area contributed by atoms with Crippen molar-refractivity contribution in [1.29, 1.82) is 0 Å². The van der Waals surface area contributed by atoms with Crippen LogP contribution in [0.1, 0.15) is 63.2 Å². The summed E-state index contributed by atoms with van der Waals surface area (Å²) in [5, 5.41) is 37.5. The molecule has 18 nitrogen and oxygen atoms in total. The quantitative estimate of drug-likeness (QED) is 0.0591. The van der Waals surface area contributed by atoms with Crippen LogP contribution in [0.15, 0.2) is 103 Å². The van der Waals surface area contributed by atoms with Gasteiger partial charge in [-0.3, -0.25) is 28.3 Å². The van der Waals surface area contributed by atoms with Gasteiger partial charge in [0.2, 0.25) is 27.8 Å². The Kier molecular flexibility index (Phi) is 16.9. The molecule has 0 spiro atoms. The molecule has 0 bridgehead atoms. The third-order valence-electron chi connectivity index (χ3n) is 10.6. The predicted molar refractivity (Wildman–Crippen MR) is 235 cm³/mol. The molecule has 0 radical (unpaired) electrons. The second-order valence-electron chi connectivity index (χ2n) is 15.5. The molecule has 0 aromatic heterocycles. The lowest BCUT2D eigenvalue weighted by molar-refractivity contribution is -0.157. The van der Waals surface area contributed by atoms with E-state index < -0.39 is 101 Å². The molecule has 1 heterocycles. The third kappa shape index (κ3) is 13.7. The Labute approximate surface area is 376 Å². The summed E-state index contributed by atoms with van der Waals surface area (Å²) in [6, 6.07) is 27.2. The number of anilines is 1. The number of carbonyl (C=O) groups is 6. The molecule has 346 valence electrons. The molecule has 19 heteroatoms. The summed E-state index contributed by atoms with van der Waals surface area (Å²) >= 11 is 0. The van der Waals surface area contributed by atoms with Crippen molar-refractivity contribution in [3.63, 3.8) is 0 Å². The topological polar surface area (TPSA) is 255 Å². The molecule has 1 saturated heterocycles. The maximum absolute atomic E-state index is 14.3. The number of carbonyl (C=O) groups excluding carboxylic acids is 6. The van der Waals surface area contributed by atoms with Gasteiger partial charge in [-0.05, 0) is 60.4 Å². The summed E-state index contributed by atoms with van der Waals surface area (Å²) < 4.78 is 41.3. The van der Waals surface area contributed by atoms with Crippen LogP contribution >= 0.6 is 0 Å². The van der Waals surface area contributed by atoms with Gasteiger partial charge < -0.3 is 45.1 Å². The van der Waals surface area contributed by atoms with Gasteiger partial charge >= 0.3 is 11.9 Å². The van der Waals surface area contributed by atoms with Gasteiger partial charge in [-0.25, -0.2) is 13.2 Å². The number of aliphatic hydroxyl groups is 3. The van der Waals surface area contributed by atoms with Crippen molar-refractivity contribution in [2.75, 3.05) is 37.9 Å². The number of rotatable bonds is 21. The Morgan fingerprint density at radius 2 is 1.45 bits per heavy atom. The van der Waals surface area contributed by atoms with Crippen LogP contribution in [0.5, 0.6) is 5.75 Å². The molecule has 3 amide bonds. The Morgan fingerprint density at radius 1 is 0.831 bits per heavy atom. The van der Waals surface area contributed by atoms with Gasteiger partial charge in [0.15, 0.2) is 6.10 Å². The highest BCUT2D eigenvalue weighted by Crippen LogP contribution is 2.24. The van der Waals surface area contributed by atoms with Gasteiger partial charge in [0.05, 0.1) is 43.7 Å². The number of benzene rings is 4. The van der Waals surface area contributed by atoms with Gasteiger partial charge in [0.1, 0.15) is 18.5 Å². The number of hydrogen-bond donors (Lipinski definition) is 5. The van der Waals surface area contributed by atoms with E-state index in [0.717, 1.165) is 16.1 Å². The monoisotopic (exact) mass is 916 g/mol. The maximum Gasteiger partial charge on any atom is 0.343 e. The van der Waals surface area contributed by atoms with E-state index in [1.54, 1.807) is 61.5 Å². The highest BCUT2D eigenvalue weighted by atomic mass is 32.2. The summed E-state index contributed by atoms with van der Waals surface area (Å²) in [6.45, 7) is 0.548. The molecule has 3 unspecified atom stereocenters. The van der Waals surface area contributed by atoms with Crippen molar-refractivity contribution in [3.8, 4) is 5.75 Å². The van der Waals surface area contributed by atoms with Crippen molar-refractivity contribution >= 4 is 51.2 Å². The predicted octanol–water partition coefficient (Wildman–Crippen LogP) is 1.85. The number of sulfonamides is 1. The van der Waals surface area contributed by atoms with Crippen LogP contribution in [-0.4, -0.2) is 128 Å². The van der Waals surface area contributed by atoms with Gasteiger partial charge in [-0.2, -0.15) is 0 Å². The lowest BCUT2D eigenvalue weighted by atomic mass is 9.99. The van der Waals surface area contributed by atoms with Crippen molar-refractivity contribution in [2.24, 2.45) is 0 Å². The first-order valence-electron chi connectivity index (χ1n) is 20.5. The molecule has 1 fully saturated rings. The zero-order valence-electron chi connectivity index (χ0n) is 36.2. The number of nitrogens with zero attached hydrogens (tertiary/aromatic N) is 2. The standard InChI is InChI=1S/C46H52N4O14S/c1-28(31-15-9-6-10-16-31)47-44(57)32-22-33(24-34(23-32)49(2)65(4,60)61)45(58)48-36(21-29-12-7-5-8-13-29)37(51)26-50(25-30-14-11-17-35(20-30)62-3)39(53)18-19-40(54)63-27-38(52)43-41(55)42(56)46(59)64-43/h5-17,20,22-24,28,36-38,42-43,51-52,56H,18-19,21,25-27H2,1-4H3,(H,47,57)(H,48,58)/t28-,36+,37-,38?,42?,43?/m1/s1. The molecule has 5 N–H and O–H groups in total. The van der Waals surface area contributed by atoms with Gasteiger partial charge in [0, 0.05) is 37.7 Å². The maximum atomic E-state index is 14.3. The Balaban J connectivity index is 1.38. The summed E-state index contributed by atoms with van der Waals surface area (Å²) in [5.74, 6) is -4.76. The average molecular weight is 917 g/mol. The van der Waals surface area contributed by atoms with E-state index in [0.29, 0.717) is 16.9 Å². The number of amides is 3. The second kappa shape index (κ2) is 22.3. The summed E-state index contributed by atoms with van der Waals surface area (Å²) in [4.78, 5) is 79.3. The number of Topliss-reactive ketones (excluding diaryl/α,β-unsaturated/α-hetero) is 1. The van der Waals surface area contributed by atoms with E-state index in [1.165, 1.54) is 37.3 Å². The normalized spacial score (nSPS) is 16.6. The number of hydrogen-bond acceptors (Lipinski definition) is 14. The van der Waals surface area contributed by atoms with Crippen molar-refractivity contribution in [2.45, 2.75) is 69.2 Å². The van der Waals surface area contributed by atoms with E-state index in [1.807, 2.05) is 30.3 Å². The first-order chi connectivity index (χ1) is 30.8. The number of ketones is 1. The van der Waals surface area contributed by atoms with Crippen LogP contribution in [0.25, 0.3) is 0 Å². The molecule has 1 aliphatic heterocycles. The van der Waals surface area contributed by atoms with Crippen LogP contribution in [0.3, 0.4) is 0 Å². The van der Waals surface area contributed by atoms with Gasteiger partial charge in [-0.15, -0.1) is 0 Å². The van der Waals surface area contributed by atoms with Crippen LogP contribution in [0, 0.1) is 0 Å².